The van der Waals surface area contributed by atoms with Gasteiger partial charge in [0.1, 0.15) is 5.75 Å². The van der Waals surface area contributed by atoms with Crippen LogP contribution in [0.1, 0.15) is 31.7 Å². The monoisotopic (exact) mass is 263 g/mol. The van der Waals surface area contributed by atoms with Gasteiger partial charge < -0.3 is 14.8 Å². The summed E-state index contributed by atoms with van der Waals surface area (Å²) in [4.78, 5) is 0. The zero-order chi connectivity index (χ0) is 13.7. The van der Waals surface area contributed by atoms with Crippen LogP contribution in [0.4, 0.5) is 0 Å². The van der Waals surface area contributed by atoms with E-state index in [4.69, 9.17) is 9.47 Å². The van der Waals surface area contributed by atoms with E-state index in [2.05, 4.69) is 24.4 Å². The molecule has 0 bridgehead atoms. The molecule has 1 aliphatic carbocycles. The largest absolute Gasteiger partial charge is 0.496 e. The highest BCUT2D eigenvalue weighted by Gasteiger charge is 2.36. The van der Waals surface area contributed by atoms with Gasteiger partial charge in [0, 0.05) is 19.7 Å². The topological polar surface area (TPSA) is 30.5 Å². The van der Waals surface area contributed by atoms with Gasteiger partial charge in [0.05, 0.1) is 12.7 Å². The smallest absolute Gasteiger partial charge is 0.122 e. The maximum absolute atomic E-state index is 5.63. The molecule has 2 rings (SSSR count). The van der Waals surface area contributed by atoms with E-state index >= 15 is 0 Å². The van der Waals surface area contributed by atoms with Gasteiger partial charge in [0.2, 0.25) is 0 Å². The maximum Gasteiger partial charge on any atom is 0.122 e. The third kappa shape index (κ3) is 3.48. The third-order valence-corrected chi connectivity index (χ3v) is 4.19. The Bertz CT molecular complexity index is 396. The molecule has 3 heteroatoms. The fraction of sp³-hybridized carbons (Fsp3) is 0.625. The first kappa shape index (κ1) is 14.4. The van der Waals surface area contributed by atoms with Gasteiger partial charge in [0.15, 0.2) is 0 Å². The summed E-state index contributed by atoms with van der Waals surface area (Å²) < 4.78 is 11.0. The molecule has 0 saturated heterocycles. The second kappa shape index (κ2) is 6.40. The molecule has 1 fully saturated rings. The molecule has 0 spiro atoms. The van der Waals surface area contributed by atoms with Crippen LogP contribution in [-0.2, 0) is 11.2 Å². The first-order valence-corrected chi connectivity index (χ1v) is 7.09. The molecule has 1 atom stereocenters. The highest BCUT2D eigenvalue weighted by atomic mass is 16.5. The number of rotatable bonds is 7. The van der Waals surface area contributed by atoms with Gasteiger partial charge in [-0.2, -0.15) is 0 Å². The van der Waals surface area contributed by atoms with Crippen LogP contribution in [0.5, 0.6) is 5.75 Å². The number of para-hydroxylation sites is 1. The van der Waals surface area contributed by atoms with Crippen molar-refractivity contribution in [2.45, 2.75) is 44.2 Å². The van der Waals surface area contributed by atoms with Crippen molar-refractivity contribution >= 4 is 0 Å². The second-order valence-electron chi connectivity index (χ2n) is 5.54. The van der Waals surface area contributed by atoms with Crippen molar-refractivity contribution in [1.29, 1.82) is 0 Å². The molecule has 106 valence electrons. The van der Waals surface area contributed by atoms with Crippen LogP contribution in [0.15, 0.2) is 24.3 Å². The van der Waals surface area contributed by atoms with Gasteiger partial charge in [0.25, 0.3) is 0 Å². The third-order valence-electron chi connectivity index (χ3n) is 4.19. The predicted octanol–water partition coefficient (Wildman–Crippen LogP) is 2.78. The van der Waals surface area contributed by atoms with E-state index in [1.165, 1.54) is 24.8 Å². The van der Waals surface area contributed by atoms with E-state index in [1.807, 2.05) is 19.2 Å². The minimum atomic E-state index is 0.0923. The van der Waals surface area contributed by atoms with E-state index in [0.717, 1.165) is 18.7 Å². The standard InChI is InChI=1S/C16H25NO2/c1-13(17-12-16(19-3)9-6-10-16)11-14-7-4-5-8-15(14)18-2/h4-5,7-8,13,17H,6,9-12H2,1-3H3. The number of ether oxygens (including phenoxy) is 2. The maximum atomic E-state index is 5.63. The summed E-state index contributed by atoms with van der Waals surface area (Å²) >= 11 is 0. The van der Waals surface area contributed by atoms with Crippen molar-refractivity contribution in [1.82, 2.24) is 5.32 Å². The fourth-order valence-corrected chi connectivity index (χ4v) is 2.66. The molecular formula is C16H25NO2. The Morgan fingerprint density at radius 2 is 2.00 bits per heavy atom. The van der Waals surface area contributed by atoms with Crippen LogP contribution in [-0.4, -0.2) is 32.4 Å². The zero-order valence-electron chi connectivity index (χ0n) is 12.2. The van der Waals surface area contributed by atoms with E-state index in [0.29, 0.717) is 6.04 Å². The van der Waals surface area contributed by atoms with Crippen molar-refractivity contribution in [2.24, 2.45) is 0 Å². The molecule has 1 aliphatic rings. The van der Waals surface area contributed by atoms with Crippen molar-refractivity contribution in [3.63, 3.8) is 0 Å². The van der Waals surface area contributed by atoms with Gasteiger partial charge in [-0.15, -0.1) is 0 Å². The van der Waals surface area contributed by atoms with Crippen LogP contribution in [0.25, 0.3) is 0 Å². The zero-order valence-corrected chi connectivity index (χ0v) is 12.2. The summed E-state index contributed by atoms with van der Waals surface area (Å²) in [6.45, 7) is 3.16. The van der Waals surface area contributed by atoms with E-state index in [-0.39, 0.29) is 5.60 Å². The Kier molecular flexibility index (Phi) is 4.83. The molecule has 19 heavy (non-hydrogen) atoms. The Labute approximate surface area is 116 Å². The van der Waals surface area contributed by atoms with Crippen LogP contribution in [0, 0.1) is 0 Å². The molecule has 0 amide bonds. The van der Waals surface area contributed by atoms with Crippen LogP contribution < -0.4 is 10.1 Å². The Balaban J connectivity index is 1.85. The summed E-state index contributed by atoms with van der Waals surface area (Å²) in [6.07, 6.45) is 4.62. The van der Waals surface area contributed by atoms with Crippen molar-refractivity contribution < 1.29 is 9.47 Å². The average Bonchev–Trinajstić information content (AvgIpc) is 2.38. The lowest BCUT2D eigenvalue weighted by atomic mass is 9.80. The molecule has 1 unspecified atom stereocenters. The summed E-state index contributed by atoms with van der Waals surface area (Å²) in [5.74, 6) is 0.973. The van der Waals surface area contributed by atoms with Crippen LogP contribution in [0.3, 0.4) is 0 Å². The molecule has 0 heterocycles. The van der Waals surface area contributed by atoms with Gasteiger partial charge >= 0.3 is 0 Å². The van der Waals surface area contributed by atoms with Gasteiger partial charge in [-0.05, 0) is 44.2 Å². The van der Waals surface area contributed by atoms with Crippen LogP contribution in [0.2, 0.25) is 0 Å². The first-order valence-electron chi connectivity index (χ1n) is 7.09. The highest BCUT2D eigenvalue weighted by molar-refractivity contribution is 5.33. The lowest BCUT2D eigenvalue weighted by molar-refractivity contribution is -0.0705. The summed E-state index contributed by atoms with van der Waals surface area (Å²) in [6, 6.07) is 8.64. The average molecular weight is 263 g/mol. The number of hydrogen-bond donors (Lipinski definition) is 1. The highest BCUT2D eigenvalue weighted by Crippen LogP contribution is 2.34. The summed E-state index contributed by atoms with van der Waals surface area (Å²) in [7, 11) is 3.55. The van der Waals surface area contributed by atoms with E-state index in [1.54, 1.807) is 7.11 Å². The molecule has 3 nitrogen and oxygen atoms in total. The molecule has 0 aliphatic heterocycles. The number of methoxy groups -OCH3 is 2. The molecule has 1 saturated carbocycles. The predicted molar refractivity (Wildman–Crippen MR) is 77.8 cm³/mol. The van der Waals surface area contributed by atoms with Gasteiger partial charge in [-0.25, -0.2) is 0 Å². The van der Waals surface area contributed by atoms with Gasteiger partial charge in [-0.3, -0.25) is 0 Å². The van der Waals surface area contributed by atoms with Crippen molar-refractivity contribution in [3.05, 3.63) is 29.8 Å². The van der Waals surface area contributed by atoms with Crippen LogP contribution >= 0.6 is 0 Å². The number of hydrogen-bond acceptors (Lipinski definition) is 3. The SMILES string of the molecule is COc1ccccc1CC(C)NCC1(OC)CCC1. The van der Waals surface area contributed by atoms with Crippen molar-refractivity contribution in [3.8, 4) is 5.75 Å². The number of benzene rings is 1. The lowest BCUT2D eigenvalue weighted by Gasteiger charge is -2.41. The fourth-order valence-electron chi connectivity index (χ4n) is 2.66. The molecule has 1 aromatic rings. The summed E-state index contributed by atoms with van der Waals surface area (Å²) in [5.41, 5.74) is 1.35. The first-order chi connectivity index (χ1) is 9.19. The molecule has 1 N–H and O–H groups in total. The molecule has 0 radical (unpaired) electrons. The molecular weight excluding hydrogens is 238 g/mol. The Hall–Kier alpha value is -1.06. The van der Waals surface area contributed by atoms with E-state index < -0.39 is 0 Å². The lowest BCUT2D eigenvalue weighted by Crippen LogP contribution is -2.50. The normalized spacial score (nSPS) is 18.7. The molecule has 1 aromatic carbocycles. The van der Waals surface area contributed by atoms with Crippen molar-refractivity contribution in [2.75, 3.05) is 20.8 Å². The molecule has 0 aromatic heterocycles. The van der Waals surface area contributed by atoms with E-state index in [9.17, 15) is 0 Å². The minimum absolute atomic E-state index is 0.0923. The Morgan fingerprint density at radius 3 is 2.58 bits per heavy atom. The quantitative estimate of drug-likeness (QED) is 0.820. The van der Waals surface area contributed by atoms with Gasteiger partial charge in [-0.1, -0.05) is 18.2 Å². The summed E-state index contributed by atoms with van der Waals surface area (Å²) in [5, 5.41) is 3.60. The Morgan fingerprint density at radius 1 is 1.26 bits per heavy atom. The number of nitrogens with one attached hydrogen (secondary N) is 1. The minimum Gasteiger partial charge on any atom is -0.496 e. The second-order valence-corrected chi connectivity index (χ2v) is 5.54.